The normalized spacial score (nSPS) is 16.1. The zero-order chi connectivity index (χ0) is 25.6. The van der Waals surface area contributed by atoms with Crippen molar-refractivity contribution in [2.75, 3.05) is 0 Å². The Kier molecular flexibility index (Phi) is 11.1. The van der Waals surface area contributed by atoms with Crippen LogP contribution in [0.25, 0.3) is 11.0 Å². The standard InChI is InChI=1S/C20H18N4O3.C5H11N.C2H6/c1-2-21-18(25)13-8-4-5-9-14-17(13)23-20(22-14)24-19(26)16-11-12-7-3-6-10-15(12)27-16;1-2-3-4-5-6;1-2/h2-4,6-8,10-11,14H,1,5,9H2,(H,21,25)(H2,22,23,24,26);4-5H,2-3,6H2,1H3;1-2H3/b;5-4-;. The molecule has 8 nitrogen and oxygen atoms in total. The van der Waals surface area contributed by atoms with E-state index in [2.05, 4.69) is 34.4 Å². The first-order valence-electron chi connectivity index (χ1n) is 11.9. The van der Waals surface area contributed by atoms with E-state index in [-0.39, 0.29) is 17.7 Å². The van der Waals surface area contributed by atoms with Gasteiger partial charge < -0.3 is 20.8 Å². The molecule has 2 aromatic rings. The van der Waals surface area contributed by atoms with Crippen molar-refractivity contribution >= 4 is 28.7 Å². The zero-order valence-corrected chi connectivity index (χ0v) is 20.6. The molecule has 186 valence electrons. The maximum atomic E-state index is 12.5. The Morgan fingerprint density at radius 2 is 2.06 bits per heavy atom. The number of benzene rings is 1. The smallest absolute Gasteiger partial charge is 0.293 e. The number of guanidine groups is 1. The number of rotatable bonds is 5. The van der Waals surface area contributed by atoms with Crippen LogP contribution in [-0.2, 0) is 4.79 Å². The molecule has 0 bridgehead atoms. The fourth-order valence-electron chi connectivity index (χ4n) is 3.42. The monoisotopic (exact) mass is 477 g/mol. The highest BCUT2D eigenvalue weighted by atomic mass is 16.3. The lowest BCUT2D eigenvalue weighted by Crippen LogP contribution is -2.38. The molecule has 1 aromatic carbocycles. The highest BCUT2D eigenvalue weighted by Gasteiger charge is 2.29. The Labute approximate surface area is 206 Å². The molecule has 0 radical (unpaired) electrons. The summed E-state index contributed by atoms with van der Waals surface area (Å²) in [4.78, 5) is 29.3. The van der Waals surface area contributed by atoms with E-state index in [1.165, 1.54) is 12.6 Å². The molecule has 1 aromatic heterocycles. The summed E-state index contributed by atoms with van der Waals surface area (Å²) in [6.07, 6.45) is 12.4. The fraction of sp³-hybridized carbons (Fsp3) is 0.296. The number of hydrogen-bond donors (Lipinski definition) is 4. The summed E-state index contributed by atoms with van der Waals surface area (Å²) in [5.74, 6) is -0.163. The van der Waals surface area contributed by atoms with Gasteiger partial charge >= 0.3 is 0 Å². The van der Waals surface area contributed by atoms with E-state index < -0.39 is 5.91 Å². The molecular weight excluding hydrogens is 442 g/mol. The van der Waals surface area contributed by atoms with E-state index in [0.29, 0.717) is 22.8 Å². The van der Waals surface area contributed by atoms with Crippen LogP contribution in [0.5, 0.6) is 0 Å². The van der Waals surface area contributed by atoms with Gasteiger partial charge in [-0.15, -0.1) is 0 Å². The third kappa shape index (κ3) is 7.46. The van der Waals surface area contributed by atoms with Crippen LogP contribution in [-0.4, -0.2) is 23.8 Å². The second kappa shape index (κ2) is 14.2. The van der Waals surface area contributed by atoms with Crippen LogP contribution in [0.2, 0.25) is 0 Å². The number of nitrogens with one attached hydrogen (secondary N) is 3. The van der Waals surface area contributed by atoms with Crippen molar-refractivity contribution in [2.45, 2.75) is 52.5 Å². The number of allylic oxidation sites excluding steroid dienone is 2. The average molecular weight is 478 g/mol. The summed E-state index contributed by atoms with van der Waals surface area (Å²) in [5.41, 5.74) is 6.83. The Hall–Kier alpha value is -4.07. The van der Waals surface area contributed by atoms with Gasteiger partial charge in [-0.25, -0.2) is 4.99 Å². The number of hydrogen-bond acceptors (Lipinski definition) is 6. The summed E-state index contributed by atoms with van der Waals surface area (Å²) in [7, 11) is 0. The average Bonchev–Trinajstić information content (AvgIpc) is 3.43. The summed E-state index contributed by atoms with van der Waals surface area (Å²) >= 11 is 0. The summed E-state index contributed by atoms with van der Waals surface area (Å²) in [6, 6.07) is 8.88. The number of aliphatic imine (C=N–C) groups is 1. The predicted molar refractivity (Wildman–Crippen MR) is 141 cm³/mol. The third-order valence-electron chi connectivity index (χ3n) is 5.00. The molecule has 1 atom stereocenters. The van der Waals surface area contributed by atoms with Crippen molar-refractivity contribution in [2.24, 2.45) is 10.7 Å². The van der Waals surface area contributed by atoms with Gasteiger partial charge in [0.05, 0.1) is 17.3 Å². The Bertz CT molecular complexity index is 1110. The highest BCUT2D eigenvalue weighted by molar-refractivity contribution is 6.08. The summed E-state index contributed by atoms with van der Waals surface area (Å²) in [6.45, 7) is 9.64. The minimum Gasteiger partial charge on any atom is -0.451 e. The highest BCUT2D eigenvalue weighted by Crippen LogP contribution is 2.24. The fourth-order valence-corrected chi connectivity index (χ4v) is 3.42. The molecule has 4 rings (SSSR count). The number of carbonyl (C=O) groups is 2. The molecule has 0 saturated heterocycles. The molecule has 1 aliphatic heterocycles. The van der Waals surface area contributed by atoms with Crippen LogP contribution in [0.3, 0.4) is 0 Å². The molecule has 2 amide bonds. The molecule has 0 fully saturated rings. The molecule has 5 N–H and O–H groups in total. The first kappa shape index (κ1) is 27.2. The van der Waals surface area contributed by atoms with Gasteiger partial charge in [0.25, 0.3) is 11.8 Å². The number of para-hydroxylation sites is 1. The van der Waals surface area contributed by atoms with Crippen molar-refractivity contribution in [3.63, 3.8) is 0 Å². The molecule has 2 heterocycles. The van der Waals surface area contributed by atoms with Gasteiger partial charge in [0.1, 0.15) is 5.58 Å². The quantitative estimate of drug-likeness (QED) is 0.500. The lowest BCUT2D eigenvalue weighted by atomic mass is 10.1. The van der Waals surface area contributed by atoms with Gasteiger partial charge in [-0.05, 0) is 43.8 Å². The van der Waals surface area contributed by atoms with Crippen molar-refractivity contribution in [3.8, 4) is 0 Å². The van der Waals surface area contributed by atoms with Crippen molar-refractivity contribution in [1.82, 2.24) is 16.0 Å². The Morgan fingerprint density at radius 1 is 1.29 bits per heavy atom. The van der Waals surface area contributed by atoms with E-state index >= 15 is 0 Å². The second-order valence-electron chi connectivity index (χ2n) is 7.42. The van der Waals surface area contributed by atoms with Gasteiger partial charge in [-0.1, -0.05) is 70.2 Å². The molecule has 0 saturated carbocycles. The molecule has 1 aliphatic carbocycles. The van der Waals surface area contributed by atoms with Crippen LogP contribution < -0.4 is 21.7 Å². The van der Waals surface area contributed by atoms with E-state index in [9.17, 15) is 9.59 Å². The molecule has 0 spiro atoms. The van der Waals surface area contributed by atoms with Gasteiger partial charge in [0.15, 0.2) is 5.76 Å². The maximum Gasteiger partial charge on any atom is 0.293 e. The number of fused-ring (bicyclic) bond motifs is 2. The minimum absolute atomic E-state index is 0.200. The molecule has 35 heavy (non-hydrogen) atoms. The topological polar surface area (TPSA) is 122 Å². The Morgan fingerprint density at radius 3 is 2.71 bits per heavy atom. The Balaban J connectivity index is 0.000000474. The summed E-state index contributed by atoms with van der Waals surface area (Å²) < 4.78 is 5.58. The zero-order valence-electron chi connectivity index (χ0n) is 20.6. The largest absolute Gasteiger partial charge is 0.451 e. The lowest BCUT2D eigenvalue weighted by molar-refractivity contribution is -0.116. The van der Waals surface area contributed by atoms with Gasteiger partial charge in [0.2, 0.25) is 5.96 Å². The first-order valence-corrected chi connectivity index (χ1v) is 11.9. The van der Waals surface area contributed by atoms with Gasteiger partial charge in [0, 0.05) is 5.39 Å². The lowest BCUT2D eigenvalue weighted by Gasteiger charge is -2.11. The van der Waals surface area contributed by atoms with Crippen molar-refractivity contribution in [3.05, 3.63) is 84.6 Å². The van der Waals surface area contributed by atoms with Gasteiger partial charge in [-0.3, -0.25) is 14.9 Å². The predicted octanol–water partition coefficient (Wildman–Crippen LogP) is 4.64. The van der Waals surface area contributed by atoms with Crippen LogP contribution >= 0.6 is 0 Å². The van der Waals surface area contributed by atoms with Crippen LogP contribution in [0.4, 0.5) is 0 Å². The van der Waals surface area contributed by atoms with Crippen LogP contribution in [0, 0.1) is 0 Å². The van der Waals surface area contributed by atoms with Crippen molar-refractivity contribution in [1.29, 1.82) is 0 Å². The first-order chi connectivity index (χ1) is 17.1. The minimum atomic E-state index is -0.401. The van der Waals surface area contributed by atoms with E-state index in [0.717, 1.165) is 24.6 Å². The van der Waals surface area contributed by atoms with Crippen LogP contribution in [0.1, 0.15) is 57.0 Å². The van der Waals surface area contributed by atoms with Crippen LogP contribution in [0.15, 0.2) is 88.2 Å². The summed E-state index contributed by atoms with van der Waals surface area (Å²) in [5, 5.41) is 9.21. The number of nitrogens with two attached hydrogens (primary N) is 1. The number of carbonyl (C=O) groups excluding carboxylic acids is 2. The third-order valence-corrected chi connectivity index (χ3v) is 5.00. The number of furan rings is 1. The molecular formula is C27H35N5O3. The van der Waals surface area contributed by atoms with Crippen molar-refractivity contribution < 1.29 is 14.0 Å². The maximum absolute atomic E-state index is 12.5. The van der Waals surface area contributed by atoms with E-state index in [4.69, 9.17) is 10.2 Å². The molecule has 2 aliphatic rings. The second-order valence-corrected chi connectivity index (χ2v) is 7.42. The van der Waals surface area contributed by atoms with E-state index in [1.807, 2.05) is 44.2 Å². The van der Waals surface area contributed by atoms with Gasteiger partial charge in [-0.2, -0.15) is 0 Å². The molecule has 8 heteroatoms. The van der Waals surface area contributed by atoms with E-state index in [1.54, 1.807) is 24.4 Å². The number of unbranched alkanes of at least 4 members (excludes halogenated alkanes) is 1. The number of amides is 2. The molecule has 1 unspecified atom stereocenters. The SMILES string of the molecule is C=CNC(=O)C1=C2NC(NC(=O)c3cc4ccccc4o3)=NC2CCC=C1.CC.CCC/C=C\N. The number of nitrogens with zero attached hydrogens (tertiary/aromatic N) is 1.